The molecule has 6 nitrogen and oxygen atoms in total. The molecule has 1 N–H and O–H groups in total. The highest BCUT2D eigenvalue weighted by atomic mass is 32.2. The van der Waals surface area contributed by atoms with E-state index >= 15 is 0 Å². The summed E-state index contributed by atoms with van der Waals surface area (Å²) in [5.41, 5.74) is 1.22. The van der Waals surface area contributed by atoms with Crippen LogP contribution >= 0.6 is 0 Å². The number of hydrogen-bond donors (Lipinski definition) is 1. The van der Waals surface area contributed by atoms with Crippen LogP contribution in [0.4, 0.5) is 0 Å². The summed E-state index contributed by atoms with van der Waals surface area (Å²) in [5.74, 6) is 0.512. The molecule has 1 aromatic carbocycles. The van der Waals surface area contributed by atoms with Gasteiger partial charge in [-0.3, -0.25) is 4.79 Å². The van der Waals surface area contributed by atoms with E-state index in [2.05, 4.69) is 17.4 Å². The lowest BCUT2D eigenvalue weighted by Gasteiger charge is -2.31. The fraction of sp³-hybridized carbons (Fsp3) is 0.611. The zero-order chi connectivity index (χ0) is 17.9. The first-order valence-electron chi connectivity index (χ1n) is 8.83. The highest BCUT2D eigenvalue weighted by molar-refractivity contribution is 7.89. The average Bonchev–Trinajstić information content (AvgIpc) is 3.42. The first-order valence-corrected chi connectivity index (χ1v) is 10.4. The van der Waals surface area contributed by atoms with Crippen molar-refractivity contribution in [1.29, 1.82) is 0 Å². The Labute approximate surface area is 149 Å². The van der Waals surface area contributed by atoms with Gasteiger partial charge in [-0.1, -0.05) is 30.3 Å². The Morgan fingerprint density at radius 1 is 1.24 bits per heavy atom. The van der Waals surface area contributed by atoms with E-state index in [9.17, 15) is 13.2 Å². The van der Waals surface area contributed by atoms with Gasteiger partial charge in [0.25, 0.3) is 0 Å². The molecule has 0 aromatic heterocycles. The topological polar surface area (TPSA) is 75.7 Å². The molecule has 2 fully saturated rings. The summed E-state index contributed by atoms with van der Waals surface area (Å²) in [6, 6.07) is 10.2. The number of piperidine rings is 1. The van der Waals surface area contributed by atoms with Crippen LogP contribution in [0.1, 0.15) is 30.7 Å². The number of nitrogens with one attached hydrogen (secondary N) is 1. The van der Waals surface area contributed by atoms with Crippen LogP contribution in [-0.4, -0.2) is 57.2 Å². The number of carbonyl (C=O) groups is 1. The minimum atomic E-state index is -3.25. The monoisotopic (exact) mass is 366 g/mol. The van der Waals surface area contributed by atoms with E-state index < -0.39 is 10.0 Å². The highest BCUT2D eigenvalue weighted by Crippen LogP contribution is 2.47. The average molecular weight is 366 g/mol. The molecular formula is C18H26N2O4S. The van der Waals surface area contributed by atoms with Crippen LogP contribution in [0.15, 0.2) is 30.3 Å². The summed E-state index contributed by atoms with van der Waals surface area (Å²) in [5, 5.41) is 3.11. The molecule has 138 valence electrons. The standard InChI is InChI=1S/C18H26N2O4S/c1-24-11-12-25(22,23)20-9-7-15(8-10-20)19-18(21)17-13-16(17)14-5-3-2-4-6-14/h2-6,15-17H,7-13H2,1H3,(H,19,21)/t16-,17+/m1/s1. The summed E-state index contributed by atoms with van der Waals surface area (Å²) >= 11 is 0. The Balaban J connectivity index is 1.44. The predicted octanol–water partition coefficient (Wildman–Crippen LogP) is 1.35. The van der Waals surface area contributed by atoms with Crippen LogP contribution in [-0.2, 0) is 19.6 Å². The molecule has 1 amide bonds. The molecule has 7 heteroatoms. The lowest BCUT2D eigenvalue weighted by Crippen LogP contribution is -2.47. The van der Waals surface area contributed by atoms with Crippen molar-refractivity contribution in [2.24, 2.45) is 5.92 Å². The van der Waals surface area contributed by atoms with Gasteiger partial charge in [0.2, 0.25) is 15.9 Å². The number of carbonyl (C=O) groups excluding carboxylic acids is 1. The van der Waals surface area contributed by atoms with Gasteiger partial charge in [-0.15, -0.1) is 0 Å². The molecular weight excluding hydrogens is 340 g/mol. The Morgan fingerprint density at radius 3 is 2.56 bits per heavy atom. The van der Waals surface area contributed by atoms with Crippen molar-refractivity contribution >= 4 is 15.9 Å². The number of sulfonamides is 1. The van der Waals surface area contributed by atoms with E-state index in [1.165, 1.54) is 17.0 Å². The molecule has 1 aromatic rings. The van der Waals surface area contributed by atoms with E-state index in [-0.39, 0.29) is 30.2 Å². The van der Waals surface area contributed by atoms with Gasteiger partial charge in [0.15, 0.2) is 0 Å². The Kier molecular flexibility index (Phi) is 5.76. The van der Waals surface area contributed by atoms with E-state index in [1.54, 1.807) is 0 Å². The lowest BCUT2D eigenvalue weighted by molar-refractivity contribution is -0.123. The summed E-state index contributed by atoms with van der Waals surface area (Å²) in [4.78, 5) is 12.4. The Bertz CT molecular complexity index is 684. The van der Waals surface area contributed by atoms with E-state index in [0.29, 0.717) is 31.8 Å². The molecule has 1 aliphatic carbocycles. The van der Waals surface area contributed by atoms with Crippen molar-refractivity contribution in [3.63, 3.8) is 0 Å². The van der Waals surface area contributed by atoms with E-state index in [0.717, 1.165) is 6.42 Å². The molecule has 3 rings (SSSR count). The maximum Gasteiger partial charge on any atom is 0.223 e. The molecule has 0 radical (unpaired) electrons. The maximum atomic E-state index is 12.4. The van der Waals surface area contributed by atoms with E-state index in [4.69, 9.17) is 4.74 Å². The van der Waals surface area contributed by atoms with Gasteiger partial charge >= 0.3 is 0 Å². The molecule has 0 bridgehead atoms. The SMILES string of the molecule is COCCS(=O)(=O)N1CCC(NC(=O)[C@H]2C[C@@H]2c2ccccc2)CC1. The normalized spacial score (nSPS) is 24.8. The predicted molar refractivity (Wildman–Crippen MR) is 95.7 cm³/mol. The van der Waals surface area contributed by atoms with Gasteiger partial charge in [0.05, 0.1) is 12.4 Å². The molecule has 2 atom stereocenters. The number of hydrogen-bond acceptors (Lipinski definition) is 4. The number of nitrogens with zero attached hydrogens (tertiary/aromatic N) is 1. The number of benzene rings is 1. The number of methoxy groups -OCH3 is 1. The third kappa shape index (κ3) is 4.59. The Hall–Kier alpha value is -1.44. The number of amides is 1. The van der Waals surface area contributed by atoms with Crippen LogP contribution in [0.5, 0.6) is 0 Å². The minimum absolute atomic E-state index is 0.0152. The molecule has 25 heavy (non-hydrogen) atoms. The van der Waals surface area contributed by atoms with Gasteiger partial charge in [-0.2, -0.15) is 0 Å². The molecule has 0 unspecified atom stereocenters. The second-order valence-corrected chi connectivity index (χ2v) is 8.94. The smallest absolute Gasteiger partial charge is 0.223 e. The third-order valence-corrected chi connectivity index (χ3v) is 6.93. The Morgan fingerprint density at radius 2 is 1.92 bits per heavy atom. The summed E-state index contributed by atoms with van der Waals surface area (Å²) in [6.07, 6.45) is 2.24. The fourth-order valence-corrected chi connectivity index (χ4v) is 4.86. The molecule has 1 saturated heterocycles. The van der Waals surface area contributed by atoms with Gasteiger partial charge in [0.1, 0.15) is 0 Å². The lowest BCUT2D eigenvalue weighted by atomic mass is 10.1. The van der Waals surface area contributed by atoms with Crippen molar-refractivity contribution in [3.8, 4) is 0 Å². The molecule has 0 spiro atoms. The van der Waals surface area contributed by atoms with Crippen LogP contribution < -0.4 is 5.32 Å². The van der Waals surface area contributed by atoms with Crippen LogP contribution in [0, 0.1) is 5.92 Å². The summed E-state index contributed by atoms with van der Waals surface area (Å²) < 4.78 is 30.7. The van der Waals surface area contributed by atoms with Crippen molar-refractivity contribution in [3.05, 3.63) is 35.9 Å². The largest absolute Gasteiger partial charge is 0.384 e. The van der Waals surface area contributed by atoms with Crippen LogP contribution in [0.3, 0.4) is 0 Å². The van der Waals surface area contributed by atoms with Crippen LogP contribution in [0.2, 0.25) is 0 Å². The maximum absolute atomic E-state index is 12.4. The summed E-state index contributed by atoms with van der Waals surface area (Å²) in [7, 11) is -1.75. The second-order valence-electron chi connectivity index (χ2n) is 6.85. The van der Waals surface area contributed by atoms with Crippen molar-refractivity contribution < 1.29 is 17.9 Å². The highest BCUT2D eigenvalue weighted by Gasteiger charge is 2.44. The van der Waals surface area contributed by atoms with Gasteiger partial charge in [0, 0.05) is 32.2 Å². The van der Waals surface area contributed by atoms with E-state index in [1.807, 2.05) is 18.2 Å². The number of rotatable bonds is 7. The van der Waals surface area contributed by atoms with Gasteiger partial charge in [-0.25, -0.2) is 12.7 Å². The van der Waals surface area contributed by atoms with Crippen molar-refractivity contribution in [1.82, 2.24) is 9.62 Å². The van der Waals surface area contributed by atoms with Crippen LogP contribution in [0.25, 0.3) is 0 Å². The first-order chi connectivity index (χ1) is 12.0. The summed E-state index contributed by atoms with van der Waals surface area (Å²) in [6.45, 7) is 1.13. The van der Waals surface area contributed by atoms with Gasteiger partial charge in [-0.05, 0) is 30.7 Å². The molecule has 2 aliphatic rings. The molecule has 1 saturated carbocycles. The fourth-order valence-electron chi connectivity index (χ4n) is 3.46. The number of ether oxygens (including phenoxy) is 1. The van der Waals surface area contributed by atoms with Crippen molar-refractivity contribution in [2.75, 3.05) is 32.6 Å². The van der Waals surface area contributed by atoms with Gasteiger partial charge < -0.3 is 10.1 Å². The minimum Gasteiger partial charge on any atom is -0.384 e. The zero-order valence-corrected chi connectivity index (χ0v) is 15.4. The molecule has 1 aliphatic heterocycles. The molecule has 1 heterocycles. The first kappa shape index (κ1) is 18.4. The van der Waals surface area contributed by atoms with Crippen molar-refractivity contribution in [2.45, 2.75) is 31.2 Å². The quantitative estimate of drug-likeness (QED) is 0.790. The zero-order valence-electron chi connectivity index (χ0n) is 14.6. The third-order valence-electron chi connectivity index (χ3n) is 5.09. The second kappa shape index (κ2) is 7.85.